The molecule has 7 nitrogen and oxygen atoms in total. The highest BCUT2D eigenvalue weighted by atomic mass is 16.6. The minimum atomic E-state index is -0.382. The Hall–Kier alpha value is -1.70. The first-order valence-electron chi connectivity index (χ1n) is 9.52. The summed E-state index contributed by atoms with van der Waals surface area (Å²) in [5.41, 5.74) is 0.789. The third-order valence-electron chi connectivity index (χ3n) is 4.55. The van der Waals surface area contributed by atoms with Gasteiger partial charge in [0.25, 0.3) is 0 Å². The van der Waals surface area contributed by atoms with E-state index in [9.17, 15) is 9.59 Å². The summed E-state index contributed by atoms with van der Waals surface area (Å²) in [5, 5.41) is 0. The summed E-state index contributed by atoms with van der Waals surface area (Å²) in [4.78, 5) is 22.5. The Balaban J connectivity index is 2.14. The van der Waals surface area contributed by atoms with Gasteiger partial charge in [0.2, 0.25) is 0 Å². The Kier molecular flexibility index (Phi) is 10.9. The Morgan fingerprint density at radius 1 is 0.741 bits per heavy atom. The average Bonchev–Trinajstić information content (AvgIpc) is 3.09. The van der Waals surface area contributed by atoms with Gasteiger partial charge in [-0.3, -0.25) is 0 Å². The standard InChI is InChI=1S/C20H34NO6/c1-17(2)19(22)26-15-13-24-11-9-21(7-5-6-8-21)10-12-25-14-16-27-20(23)18(3)4/h1,3,5-16H2,2,4H3/q+1. The van der Waals surface area contributed by atoms with Crippen LogP contribution in [-0.4, -0.2) is 82.2 Å². The third-order valence-corrected chi connectivity index (χ3v) is 4.55. The average molecular weight is 384 g/mol. The molecule has 0 bridgehead atoms. The molecule has 1 aliphatic rings. The number of hydrogen-bond donors (Lipinski definition) is 0. The molecule has 1 rings (SSSR count). The predicted molar refractivity (Wildman–Crippen MR) is 102 cm³/mol. The molecule has 0 aromatic rings. The summed E-state index contributed by atoms with van der Waals surface area (Å²) in [6.45, 7) is 16.9. The van der Waals surface area contributed by atoms with Crippen LogP contribution in [-0.2, 0) is 28.5 Å². The van der Waals surface area contributed by atoms with E-state index < -0.39 is 0 Å². The highest BCUT2D eigenvalue weighted by Gasteiger charge is 2.31. The van der Waals surface area contributed by atoms with Crippen LogP contribution in [0.3, 0.4) is 0 Å². The van der Waals surface area contributed by atoms with E-state index in [0.717, 1.165) is 30.7 Å². The molecule has 7 heteroatoms. The van der Waals surface area contributed by atoms with E-state index in [4.69, 9.17) is 18.9 Å². The van der Waals surface area contributed by atoms with E-state index in [1.165, 1.54) is 12.8 Å². The van der Waals surface area contributed by atoms with E-state index in [1.807, 2.05) is 0 Å². The van der Waals surface area contributed by atoms with Crippen LogP contribution in [0, 0.1) is 0 Å². The second kappa shape index (κ2) is 12.6. The molecule has 0 radical (unpaired) electrons. The van der Waals surface area contributed by atoms with Crippen LogP contribution in [0.5, 0.6) is 0 Å². The molecule has 27 heavy (non-hydrogen) atoms. The third kappa shape index (κ3) is 9.70. The first-order chi connectivity index (χ1) is 12.9. The van der Waals surface area contributed by atoms with Gasteiger partial charge in [0, 0.05) is 24.0 Å². The largest absolute Gasteiger partial charge is 0.460 e. The smallest absolute Gasteiger partial charge is 0.333 e. The molecular formula is C20H34NO6+. The quantitative estimate of drug-likeness (QED) is 0.197. The molecule has 0 saturated carbocycles. The second-order valence-electron chi connectivity index (χ2n) is 7.00. The number of likely N-dealkylation sites (tertiary alicyclic amines) is 1. The summed E-state index contributed by atoms with van der Waals surface area (Å²) in [6, 6.07) is 0. The van der Waals surface area contributed by atoms with Crippen molar-refractivity contribution >= 4 is 11.9 Å². The van der Waals surface area contributed by atoms with Gasteiger partial charge in [-0.15, -0.1) is 0 Å². The number of quaternary nitrogens is 1. The van der Waals surface area contributed by atoms with Crippen molar-refractivity contribution in [2.24, 2.45) is 0 Å². The summed E-state index contributed by atoms with van der Waals surface area (Å²) in [7, 11) is 0. The summed E-state index contributed by atoms with van der Waals surface area (Å²) in [6.07, 6.45) is 2.43. The number of ether oxygens (including phenoxy) is 4. The van der Waals surface area contributed by atoms with Crippen molar-refractivity contribution in [1.82, 2.24) is 0 Å². The number of esters is 2. The van der Waals surface area contributed by atoms with Gasteiger partial charge in [-0.2, -0.15) is 0 Å². The molecule has 0 unspecified atom stereocenters. The van der Waals surface area contributed by atoms with Crippen molar-refractivity contribution in [3.8, 4) is 0 Å². The van der Waals surface area contributed by atoms with Crippen molar-refractivity contribution in [3.63, 3.8) is 0 Å². The van der Waals surface area contributed by atoms with E-state index in [2.05, 4.69) is 13.2 Å². The first-order valence-corrected chi connectivity index (χ1v) is 9.52. The number of rotatable bonds is 14. The number of carbonyl (C=O) groups excluding carboxylic acids is 2. The van der Waals surface area contributed by atoms with Crippen molar-refractivity contribution < 1.29 is 33.0 Å². The molecule has 1 saturated heterocycles. The SMILES string of the molecule is C=C(C)C(=O)OCCOCC[N+]1(CCOCCOC(=O)C(=C)C)CCCC1. The zero-order chi connectivity index (χ0) is 20.1. The normalized spacial score (nSPS) is 15.3. The van der Waals surface area contributed by atoms with E-state index >= 15 is 0 Å². The Labute approximate surface area is 162 Å². The van der Waals surface area contributed by atoms with Crippen molar-refractivity contribution in [3.05, 3.63) is 24.3 Å². The van der Waals surface area contributed by atoms with Crippen molar-refractivity contribution in [2.75, 3.05) is 65.8 Å². The van der Waals surface area contributed by atoms with Crippen LogP contribution in [0.2, 0.25) is 0 Å². The maximum Gasteiger partial charge on any atom is 0.333 e. The lowest BCUT2D eigenvalue weighted by Crippen LogP contribution is -2.49. The Morgan fingerprint density at radius 3 is 1.52 bits per heavy atom. The summed E-state index contributed by atoms with van der Waals surface area (Å²) >= 11 is 0. The number of carbonyl (C=O) groups is 2. The highest BCUT2D eigenvalue weighted by Crippen LogP contribution is 2.18. The fourth-order valence-corrected chi connectivity index (χ4v) is 2.92. The van der Waals surface area contributed by atoms with Gasteiger partial charge in [-0.25, -0.2) is 9.59 Å². The van der Waals surface area contributed by atoms with Gasteiger partial charge in [0.1, 0.15) is 26.3 Å². The van der Waals surface area contributed by atoms with Crippen LogP contribution in [0.25, 0.3) is 0 Å². The lowest BCUT2D eigenvalue weighted by molar-refractivity contribution is -0.917. The highest BCUT2D eigenvalue weighted by molar-refractivity contribution is 5.87. The summed E-state index contributed by atoms with van der Waals surface area (Å²) < 4.78 is 22.2. The van der Waals surface area contributed by atoms with Crippen LogP contribution in [0.4, 0.5) is 0 Å². The van der Waals surface area contributed by atoms with Crippen LogP contribution < -0.4 is 0 Å². The maximum atomic E-state index is 11.3. The monoisotopic (exact) mass is 384 g/mol. The zero-order valence-corrected chi connectivity index (χ0v) is 16.8. The van der Waals surface area contributed by atoms with Crippen LogP contribution >= 0.6 is 0 Å². The topological polar surface area (TPSA) is 71.1 Å². The van der Waals surface area contributed by atoms with Crippen molar-refractivity contribution in [2.45, 2.75) is 26.7 Å². The van der Waals surface area contributed by atoms with Crippen molar-refractivity contribution in [1.29, 1.82) is 0 Å². The second-order valence-corrected chi connectivity index (χ2v) is 7.00. The predicted octanol–water partition coefficient (Wildman–Crippen LogP) is 1.87. The molecular weight excluding hydrogens is 350 g/mol. The minimum absolute atomic E-state index is 0.248. The van der Waals surface area contributed by atoms with Gasteiger partial charge in [0.15, 0.2) is 0 Å². The molecule has 0 aliphatic carbocycles. The van der Waals surface area contributed by atoms with E-state index in [-0.39, 0.29) is 25.2 Å². The molecule has 1 fully saturated rings. The van der Waals surface area contributed by atoms with Crippen LogP contribution in [0.15, 0.2) is 24.3 Å². The molecule has 0 aromatic carbocycles. The summed E-state index contributed by atoms with van der Waals surface area (Å²) in [5.74, 6) is -0.763. The molecule has 154 valence electrons. The maximum absolute atomic E-state index is 11.3. The molecule has 1 aliphatic heterocycles. The molecule has 0 aromatic heterocycles. The molecule has 0 N–H and O–H groups in total. The number of hydrogen-bond acceptors (Lipinski definition) is 6. The van der Waals surface area contributed by atoms with Gasteiger partial charge >= 0.3 is 11.9 Å². The lowest BCUT2D eigenvalue weighted by atomic mass is 10.4. The molecule has 0 atom stereocenters. The van der Waals surface area contributed by atoms with Gasteiger partial charge in [0.05, 0.1) is 39.5 Å². The Morgan fingerprint density at radius 2 is 1.15 bits per heavy atom. The molecule has 0 spiro atoms. The fraction of sp³-hybridized carbons (Fsp3) is 0.700. The zero-order valence-electron chi connectivity index (χ0n) is 16.8. The lowest BCUT2D eigenvalue weighted by Gasteiger charge is -2.34. The minimum Gasteiger partial charge on any atom is -0.460 e. The van der Waals surface area contributed by atoms with Gasteiger partial charge in [-0.05, 0) is 13.8 Å². The number of nitrogens with zero attached hydrogens (tertiary/aromatic N) is 1. The van der Waals surface area contributed by atoms with E-state index in [0.29, 0.717) is 37.6 Å². The fourth-order valence-electron chi connectivity index (χ4n) is 2.92. The molecule has 1 heterocycles. The van der Waals surface area contributed by atoms with Gasteiger partial charge in [-0.1, -0.05) is 13.2 Å². The van der Waals surface area contributed by atoms with E-state index in [1.54, 1.807) is 13.8 Å². The first kappa shape index (κ1) is 23.3. The van der Waals surface area contributed by atoms with Gasteiger partial charge < -0.3 is 23.4 Å². The molecule has 0 amide bonds. The van der Waals surface area contributed by atoms with Crippen LogP contribution in [0.1, 0.15) is 26.7 Å². The Bertz CT molecular complexity index is 471.